The van der Waals surface area contributed by atoms with Gasteiger partial charge in [0.1, 0.15) is 0 Å². The lowest BCUT2D eigenvalue weighted by molar-refractivity contribution is -0.127. The van der Waals surface area contributed by atoms with Crippen molar-refractivity contribution in [1.29, 1.82) is 0 Å². The van der Waals surface area contributed by atoms with Gasteiger partial charge in [-0.3, -0.25) is 9.79 Å². The molecule has 1 N–H and O–H groups in total. The van der Waals surface area contributed by atoms with E-state index in [9.17, 15) is 4.79 Å². The van der Waals surface area contributed by atoms with Gasteiger partial charge in [-0.25, -0.2) is 0 Å². The fourth-order valence-electron chi connectivity index (χ4n) is 2.70. The van der Waals surface area contributed by atoms with Crippen LogP contribution in [0.2, 0.25) is 0 Å². The van der Waals surface area contributed by atoms with Gasteiger partial charge in [-0.1, -0.05) is 6.07 Å². The van der Waals surface area contributed by atoms with Gasteiger partial charge in [0.25, 0.3) is 0 Å². The third-order valence-corrected chi connectivity index (χ3v) is 4.93. The minimum atomic E-state index is 0. The Balaban J connectivity index is 0.00000288. The molecule has 1 aromatic rings. The molecular formula is C17H29IN4OS. The number of nitrogens with one attached hydrogen (secondary N) is 1. The van der Waals surface area contributed by atoms with Crippen LogP contribution in [0.5, 0.6) is 0 Å². The Labute approximate surface area is 166 Å². The summed E-state index contributed by atoms with van der Waals surface area (Å²) >= 11 is 1.80. The second-order valence-electron chi connectivity index (χ2n) is 5.82. The van der Waals surface area contributed by atoms with E-state index in [0.29, 0.717) is 5.91 Å². The largest absolute Gasteiger partial charge is 0.357 e. The van der Waals surface area contributed by atoms with Crippen LogP contribution in [-0.4, -0.2) is 61.4 Å². The van der Waals surface area contributed by atoms with Gasteiger partial charge >= 0.3 is 0 Å². The number of amides is 1. The van der Waals surface area contributed by atoms with E-state index in [2.05, 4.69) is 41.7 Å². The quantitative estimate of drug-likeness (QED) is 0.279. The normalized spacial score (nSPS) is 14.7. The van der Waals surface area contributed by atoms with E-state index in [1.54, 1.807) is 11.3 Å². The summed E-state index contributed by atoms with van der Waals surface area (Å²) in [4.78, 5) is 21.8. The number of nitrogens with zero attached hydrogens (tertiary/aromatic N) is 3. The number of likely N-dealkylation sites (N-methyl/N-ethyl adjacent to an activating group) is 1. The average Bonchev–Trinajstić information content (AvgIpc) is 3.20. The molecule has 2 rings (SSSR count). The van der Waals surface area contributed by atoms with Crippen molar-refractivity contribution in [2.75, 3.05) is 39.8 Å². The highest BCUT2D eigenvalue weighted by molar-refractivity contribution is 14.0. The Morgan fingerprint density at radius 3 is 2.96 bits per heavy atom. The van der Waals surface area contributed by atoms with E-state index < -0.39 is 0 Å². The fourth-order valence-corrected chi connectivity index (χ4v) is 3.39. The van der Waals surface area contributed by atoms with Gasteiger partial charge in [0, 0.05) is 51.1 Å². The first-order valence-electron chi connectivity index (χ1n) is 8.50. The molecule has 0 aromatic carbocycles. The first kappa shape index (κ1) is 21.2. The Bertz CT molecular complexity index is 507. The molecule has 0 bridgehead atoms. The Kier molecular flexibility index (Phi) is 10.3. The van der Waals surface area contributed by atoms with Crippen LogP contribution in [0.25, 0.3) is 0 Å². The van der Waals surface area contributed by atoms with Crippen LogP contribution in [0.4, 0.5) is 0 Å². The molecule has 0 spiro atoms. The Hall–Kier alpha value is -0.830. The molecule has 1 aliphatic rings. The lowest BCUT2D eigenvalue weighted by atomic mass is 10.3. The molecule has 1 aromatic heterocycles. The number of hydrogen-bond acceptors (Lipinski definition) is 3. The van der Waals surface area contributed by atoms with E-state index in [0.717, 1.165) is 64.4 Å². The minimum Gasteiger partial charge on any atom is -0.357 e. The lowest BCUT2D eigenvalue weighted by Crippen LogP contribution is -2.40. The number of hydrogen-bond donors (Lipinski definition) is 1. The maximum Gasteiger partial charge on any atom is 0.222 e. The van der Waals surface area contributed by atoms with Crippen LogP contribution < -0.4 is 5.32 Å². The number of halogens is 1. The number of thiophene rings is 1. The Morgan fingerprint density at radius 2 is 2.33 bits per heavy atom. The zero-order valence-corrected chi connectivity index (χ0v) is 17.8. The maximum atomic E-state index is 11.6. The summed E-state index contributed by atoms with van der Waals surface area (Å²) in [6.07, 6.45) is 3.70. The second kappa shape index (κ2) is 11.7. The van der Waals surface area contributed by atoms with Crippen LogP contribution in [0.3, 0.4) is 0 Å². The Morgan fingerprint density at radius 1 is 1.50 bits per heavy atom. The predicted octanol–water partition coefficient (Wildman–Crippen LogP) is 2.82. The molecule has 0 atom stereocenters. The molecule has 1 aliphatic heterocycles. The highest BCUT2D eigenvalue weighted by Crippen LogP contribution is 2.10. The summed E-state index contributed by atoms with van der Waals surface area (Å²) in [5.41, 5.74) is 0. The van der Waals surface area contributed by atoms with Crippen molar-refractivity contribution in [3.8, 4) is 0 Å². The molecule has 24 heavy (non-hydrogen) atoms. The zero-order chi connectivity index (χ0) is 16.5. The van der Waals surface area contributed by atoms with E-state index in [-0.39, 0.29) is 24.0 Å². The summed E-state index contributed by atoms with van der Waals surface area (Å²) in [5.74, 6) is 1.26. The standard InChI is InChI=1S/C17H28N4OS.HI/c1-3-18-17(20(2)13-9-15-7-5-14-23-15)19-10-6-12-21-11-4-8-16(21)22;/h5,7,14H,3-4,6,8-13H2,1-2H3,(H,18,19);1H. The lowest BCUT2D eigenvalue weighted by Gasteiger charge is -2.22. The molecule has 0 unspecified atom stereocenters. The van der Waals surface area contributed by atoms with Gasteiger partial charge in [-0.2, -0.15) is 0 Å². The first-order chi connectivity index (χ1) is 11.2. The molecule has 0 radical (unpaired) electrons. The summed E-state index contributed by atoms with van der Waals surface area (Å²) in [6.45, 7) is 6.43. The molecule has 2 heterocycles. The van der Waals surface area contributed by atoms with E-state index in [1.165, 1.54) is 4.88 Å². The number of carbonyl (C=O) groups excluding carboxylic acids is 1. The van der Waals surface area contributed by atoms with Crippen molar-refractivity contribution in [2.24, 2.45) is 4.99 Å². The topological polar surface area (TPSA) is 47.9 Å². The van der Waals surface area contributed by atoms with Gasteiger partial charge in [-0.05, 0) is 37.6 Å². The van der Waals surface area contributed by atoms with Gasteiger partial charge in [-0.15, -0.1) is 35.3 Å². The summed E-state index contributed by atoms with van der Waals surface area (Å²) < 4.78 is 0. The highest BCUT2D eigenvalue weighted by atomic mass is 127. The number of likely N-dealkylation sites (tertiary alicyclic amines) is 1. The highest BCUT2D eigenvalue weighted by Gasteiger charge is 2.18. The minimum absolute atomic E-state index is 0. The van der Waals surface area contributed by atoms with Crippen molar-refractivity contribution < 1.29 is 4.79 Å². The number of aliphatic imine (C=N–C) groups is 1. The van der Waals surface area contributed by atoms with Crippen LogP contribution in [0, 0.1) is 0 Å². The van der Waals surface area contributed by atoms with Crippen molar-refractivity contribution in [1.82, 2.24) is 15.1 Å². The molecule has 1 amide bonds. The fraction of sp³-hybridized carbons (Fsp3) is 0.647. The van der Waals surface area contributed by atoms with Crippen LogP contribution in [-0.2, 0) is 11.2 Å². The smallest absolute Gasteiger partial charge is 0.222 e. The predicted molar refractivity (Wildman–Crippen MR) is 112 cm³/mol. The number of guanidine groups is 1. The SMILES string of the molecule is CCNC(=NCCCN1CCCC1=O)N(C)CCc1cccs1.I. The van der Waals surface area contributed by atoms with Crippen molar-refractivity contribution >= 4 is 47.2 Å². The van der Waals surface area contributed by atoms with Crippen LogP contribution in [0.1, 0.15) is 31.1 Å². The molecule has 0 aliphatic carbocycles. The monoisotopic (exact) mass is 464 g/mol. The third-order valence-electron chi connectivity index (χ3n) is 3.99. The van der Waals surface area contributed by atoms with Crippen molar-refractivity contribution in [3.63, 3.8) is 0 Å². The van der Waals surface area contributed by atoms with Gasteiger partial charge < -0.3 is 15.1 Å². The van der Waals surface area contributed by atoms with Crippen molar-refractivity contribution in [2.45, 2.75) is 32.6 Å². The summed E-state index contributed by atoms with van der Waals surface area (Å²) in [7, 11) is 2.08. The van der Waals surface area contributed by atoms with E-state index >= 15 is 0 Å². The zero-order valence-electron chi connectivity index (χ0n) is 14.7. The molecule has 1 saturated heterocycles. The molecule has 7 heteroatoms. The molecule has 136 valence electrons. The molecule has 0 saturated carbocycles. The summed E-state index contributed by atoms with van der Waals surface area (Å²) in [5, 5.41) is 5.47. The van der Waals surface area contributed by atoms with Gasteiger partial charge in [0.05, 0.1) is 0 Å². The number of carbonyl (C=O) groups is 1. The average molecular weight is 464 g/mol. The van der Waals surface area contributed by atoms with E-state index in [1.807, 2.05) is 4.90 Å². The number of rotatable bonds is 8. The molecule has 5 nitrogen and oxygen atoms in total. The van der Waals surface area contributed by atoms with Gasteiger partial charge in [0.15, 0.2) is 5.96 Å². The van der Waals surface area contributed by atoms with Crippen LogP contribution >= 0.6 is 35.3 Å². The van der Waals surface area contributed by atoms with Crippen LogP contribution in [0.15, 0.2) is 22.5 Å². The molecular weight excluding hydrogens is 435 g/mol. The third kappa shape index (κ3) is 6.96. The molecule has 1 fully saturated rings. The maximum absolute atomic E-state index is 11.6. The van der Waals surface area contributed by atoms with E-state index in [4.69, 9.17) is 4.99 Å². The second-order valence-corrected chi connectivity index (χ2v) is 6.86. The van der Waals surface area contributed by atoms with Gasteiger partial charge in [0.2, 0.25) is 5.91 Å². The first-order valence-corrected chi connectivity index (χ1v) is 9.38. The summed E-state index contributed by atoms with van der Waals surface area (Å²) in [6, 6.07) is 4.27. The van der Waals surface area contributed by atoms with Crippen molar-refractivity contribution in [3.05, 3.63) is 22.4 Å².